The van der Waals surface area contributed by atoms with Gasteiger partial charge in [0, 0.05) is 28.7 Å². The van der Waals surface area contributed by atoms with Crippen LogP contribution in [-0.2, 0) is 0 Å². The van der Waals surface area contributed by atoms with E-state index in [2.05, 4.69) is 9.97 Å². The maximum atomic E-state index is 11.8. The second-order valence-electron chi connectivity index (χ2n) is 5.75. The summed E-state index contributed by atoms with van der Waals surface area (Å²) in [5.74, 6) is -0.497. The van der Waals surface area contributed by atoms with Gasteiger partial charge in [0.05, 0.1) is 11.3 Å². The van der Waals surface area contributed by atoms with Crippen LogP contribution in [0.4, 0.5) is 0 Å². The van der Waals surface area contributed by atoms with Crippen LogP contribution in [0.1, 0.15) is 27.0 Å². The summed E-state index contributed by atoms with van der Waals surface area (Å²) in [6.07, 6.45) is 1.67. The summed E-state index contributed by atoms with van der Waals surface area (Å²) >= 11 is 0. The first-order valence-electron chi connectivity index (χ1n) is 7.28. The van der Waals surface area contributed by atoms with Gasteiger partial charge in [-0.3, -0.25) is 14.6 Å². The van der Waals surface area contributed by atoms with Crippen LogP contribution in [0.3, 0.4) is 0 Å². The number of carbonyl (C=O) groups is 1. The number of hydrogen-bond donors (Lipinski definition) is 2. The number of amides is 1. The molecule has 1 amide bonds. The first kappa shape index (κ1) is 15.0. The van der Waals surface area contributed by atoms with Crippen molar-refractivity contribution in [3.05, 3.63) is 63.1 Å². The molecule has 1 aromatic carbocycles. The smallest absolute Gasteiger partial charge is 0.251 e. The number of pyridine rings is 2. The zero-order chi connectivity index (χ0) is 16.7. The Bertz CT molecular complexity index is 1000. The third-order valence-corrected chi connectivity index (χ3v) is 4.06. The van der Waals surface area contributed by atoms with E-state index in [9.17, 15) is 9.59 Å². The normalized spacial score (nSPS) is 10.9. The van der Waals surface area contributed by atoms with Crippen LogP contribution in [0.2, 0.25) is 0 Å². The Balaban J connectivity index is 2.38. The van der Waals surface area contributed by atoms with Crippen molar-refractivity contribution >= 4 is 16.8 Å². The Morgan fingerprint density at radius 3 is 2.52 bits per heavy atom. The van der Waals surface area contributed by atoms with E-state index in [4.69, 9.17) is 5.73 Å². The molecular formula is C18H17N3O2. The lowest BCUT2D eigenvalue weighted by atomic mass is 9.95. The minimum atomic E-state index is -0.497. The number of nitrogens with zero attached hydrogens (tertiary/aromatic N) is 1. The maximum absolute atomic E-state index is 11.8. The van der Waals surface area contributed by atoms with E-state index in [1.807, 2.05) is 32.9 Å². The van der Waals surface area contributed by atoms with Gasteiger partial charge in [0.15, 0.2) is 0 Å². The number of aromatic nitrogens is 2. The van der Waals surface area contributed by atoms with Gasteiger partial charge in [-0.15, -0.1) is 0 Å². The van der Waals surface area contributed by atoms with Crippen LogP contribution in [0.5, 0.6) is 0 Å². The van der Waals surface area contributed by atoms with Crippen molar-refractivity contribution in [2.75, 3.05) is 0 Å². The average Bonchev–Trinajstić information content (AvgIpc) is 2.45. The number of benzene rings is 1. The second-order valence-corrected chi connectivity index (χ2v) is 5.75. The minimum absolute atomic E-state index is 0.131. The van der Waals surface area contributed by atoms with Gasteiger partial charge in [-0.2, -0.15) is 0 Å². The van der Waals surface area contributed by atoms with E-state index >= 15 is 0 Å². The monoisotopic (exact) mass is 307 g/mol. The molecular weight excluding hydrogens is 290 g/mol. The van der Waals surface area contributed by atoms with Gasteiger partial charge in [-0.25, -0.2) is 0 Å². The molecule has 3 rings (SSSR count). The summed E-state index contributed by atoms with van der Waals surface area (Å²) in [5, 5.41) is 0.920. The third kappa shape index (κ3) is 2.50. The van der Waals surface area contributed by atoms with Crippen molar-refractivity contribution < 1.29 is 4.79 Å². The van der Waals surface area contributed by atoms with Gasteiger partial charge in [-0.1, -0.05) is 0 Å². The molecule has 0 aliphatic rings. The average molecular weight is 307 g/mol. The van der Waals surface area contributed by atoms with E-state index in [1.165, 1.54) is 0 Å². The summed E-state index contributed by atoms with van der Waals surface area (Å²) < 4.78 is 0. The molecule has 3 N–H and O–H groups in total. The van der Waals surface area contributed by atoms with Gasteiger partial charge in [0.25, 0.3) is 5.91 Å². The Morgan fingerprint density at radius 2 is 1.83 bits per heavy atom. The molecule has 0 saturated heterocycles. The van der Waals surface area contributed by atoms with E-state index in [0.717, 1.165) is 33.2 Å². The van der Waals surface area contributed by atoms with Crippen LogP contribution >= 0.6 is 0 Å². The van der Waals surface area contributed by atoms with Gasteiger partial charge < -0.3 is 10.7 Å². The molecule has 0 aliphatic carbocycles. The van der Waals surface area contributed by atoms with Crippen LogP contribution in [-0.4, -0.2) is 15.9 Å². The van der Waals surface area contributed by atoms with Crippen LogP contribution in [0.15, 0.2) is 35.3 Å². The lowest BCUT2D eigenvalue weighted by Crippen LogP contribution is -2.15. The van der Waals surface area contributed by atoms with Crippen LogP contribution < -0.4 is 11.3 Å². The molecule has 0 atom stereocenters. The SMILES string of the molecule is Cc1cc2[nH]c(=O)cc(C)c2cc1-c1nccc(C)c1C(N)=O. The fourth-order valence-electron chi connectivity index (χ4n) is 2.91. The van der Waals surface area contributed by atoms with Crippen molar-refractivity contribution in [3.63, 3.8) is 0 Å². The number of nitrogens with one attached hydrogen (secondary N) is 1. The maximum Gasteiger partial charge on any atom is 0.251 e. The largest absolute Gasteiger partial charge is 0.366 e. The number of fused-ring (bicyclic) bond motifs is 1. The van der Waals surface area contributed by atoms with E-state index in [0.29, 0.717) is 11.3 Å². The fraction of sp³-hybridized carbons (Fsp3) is 0.167. The second kappa shape index (κ2) is 5.35. The lowest BCUT2D eigenvalue weighted by molar-refractivity contribution is 0.1000. The van der Waals surface area contributed by atoms with E-state index in [1.54, 1.807) is 18.3 Å². The van der Waals surface area contributed by atoms with Crippen molar-refractivity contribution in [2.45, 2.75) is 20.8 Å². The molecule has 0 saturated carbocycles. The van der Waals surface area contributed by atoms with Crippen LogP contribution in [0.25, 0.3) is 22.2 Å². The molecule has 2 aromatic heterocycles. The standard InChI is InChI=1S/C18H17N3O2/c1-9-4-5-20-17(16(9)18(19)23)13-8-12-11(3)7-15(22)21-14(12)6-10(13)2/h4-8H,1-3H3,(H2,19,23)(H,21,22). The summed E-state index contributed by atoms with van der Waals surface area (Å²) in [5.41, 5.74) is 10.6. The van der Waals surface area contributed by atoms with Gasteiger partial charge in [0.2, 0.25) is 5.56 Å². The Morgan fingerprint density at radius 1 is 1.09 bits per heavy atom. The summed E-state index contributed by atoms with van der Waals surface area (Å²) in [6, 6.07) is 7.17. The number of primary amides is 1. The van der Waals surface area contributed by atoms with Gasteiger partial charge in [-0.05, 0) is 55.7 Å². The first-order valence-corrected chi connectivity index (χ1v) is 7.28. The molecule has 116 valence electrons. The minimum Gasteiger partial charge on any atom is -0.366 e. The predicted molar refractivity (Wildman–Crippen MR) is 90.5 cm³/mol. The highest BCUT2D eigenvalue weighted by Crippen LogP contribution is 2.30. The summed E-state index contributed by atoms with van der Waals surface area (Å²) in [6.45, 7) is 5.64. The van der Waals surface area contributed by atoms with E-state index in [-0.39, 0.29) is 5.56 Å². The molecule has 0 bridgehead atoms. The Labute approximate surface area is 133 Å². The van der Waals surface area contributed by atoms with Crippen molar-refractivity contribution in [2.24, 2.45) is 5.73 Å². The highest BCUT2D eigenvalue weighted by molar-refractivity contribution is 6.01. The number of rotatable bonds is 2. The third-order valence-electron chi connectivity index (χ3n) is 4.06. The molecule has 0 aliphatic heterocycles. The van der Waals surface area contributed by atoms with E-state index < -0.39 is 5.91 Å². The molecule has 23 heavy (non-hydrogen) atoms. The number of H-pyrrole nitrogens is 1. The molecule has 0 spiro atoms. The number of aryl methyl sites for hydroxylation is 3. The number of hydrogen-bond acceptors (Lipinski definition) is 3. The molecule has 0 radical (unpaired) electrons. The zero-order valence-electron chi connectivity index (χ0n) is 13.2. The first-order chi connectivity index (χ1) is 10.9. The zero-order valence-corrected chi connectivity index (χ0v) is 13.2. The highest BCUT2D eigenvalue weighted by Gasteiger charge is 2.17. The fourth-order valence-corrected chi connectivity index (χ4v) is 2.91. The highest BCUT2D eigenvalue weighted by atomic mass is 16.1. The number of carbonyl (C=O) groups excluding carboxylic acids is 1. The number of nitrogens with two attached hydrogens (primary N) is 1. The quantitative estimate of drug-likeness (QED) is 0.762. The van der Waals surface area contributed by atoms with Crippen molar-refractivity contribution in [3.8, 4) is 11.3 Å². The molecule has 5 heteroatoms. The molecule has 5 nitrogen and oxygen atoms in total. The topological polar surface area (TPSA) is 88.8 Å². The van der Waals surface area contributed by atoms with Crippen molar-refractivity contribution in [1.29, 1.82) is 0 Å². The molecule has 2 heterocycles. The summed E-state index contributed by atoms with van der Waals surface area (Å²) in [7, 11) is 0. The molecule has 0 fully saturated rings. The Kier molecular flexibility index (Phi) is 3.48. The summed E-state index contributed by atoms with van der Waals surface area (Å²) in [4.78, 5) is 30.7. The molecule has 3 aromatic rings. The Hall–Kier alpha value is -2.95. The van der Waals surface area contributed by atoms with Gasteiger partial charge >= 0.3 is 0 Å². The van der Waals surface area contributed by atoms with Gasteiger partial charge in [0.1, 0.15) is 0 Å². The van der Waals surface area contributed by atoms with Crippen molar-refractivity contribution in [1.82, 2.24) is 9.97 Å². The predicted octanol–water partition coefficient (Wildman–Crippen LogP) is 2.61. The molecule has 0 unspecified atom stereocenters. The number of aromatic amines is 1. The van der Waals surface area contributed by atoms with Crippen LogP contribution in [0, 0.1) is 20.8 Å². The lowest BCUT2D eigenvalue weighted by Gasteiger charge is -2.13.